The number of nitrogens with one attached hydrogen (secondary N) is 1. The van der Waals surface area contributed by atoms with E-state index < -0.39 is 0 Å². The first-order valence-corrected chi connectivity index (χ1v) is 7.29. The Morgan fingerprint density at radius 3 is 2.93 bits per heavy atom. The Bertz CT molecular complexity index is 200. The van der Waals surface area contributed by atoms with Crippen LogP contribution in [-0.4, -0.2) is 42.2 Å². The zero-order valence-electron chi connectivity index (χ0n) is 10.1. The normalized spacial score (nSPS) is 33.6. The van der Waals surface area contributed by atoms with Crippen LogP contribution in [0.2, 0.25) is 0 Å². The van der Waals surface area contributed by atoms with E-state index in [1.807, 2.05) is 0 Å². The van der Waals surface area contributed by atoms with Gasteiger partial charge in [0, 0.05) is 26.2 Å². The van der Waals surface area contributed by atoms with Crippen molar-refractivity contribution in [1.82, 2.24) is 10.2 Å². The minimum Gasteiger partial charge on any atom is -0.315 e. The second kappa shape index (κ2) is 5.07. The molecule has 0 spiro atoms. The summed E-state index contributed by atoms with van der Waals surface area (Å²) < 4.78 is 0. The summed E-state index contributed by atoms with van der Waals surface area (Å²) in [6.45, 7) is 9.60. The summed E-state index contributed by atoms with van der Waals surface area (Å²) in [6.07, 6.45) is 4.26. The molecule has 2 fully saturated rings. The van der Waals surface area contributed by atoms with Crippen molar-refractivity contribution in [2.24, 2.45) is 5.41 Å². The summed E-state index contributed by atoms with van der Waals surface area (Å²) in [5.74, 6) is 1.37. The van der Waals surface area contributed by atoms with Gasteiger partial charge in [0.05, 0.1) is 5.37 Å². The fourth-order valence-corrected chi connectivity index (χ4v) is 3.96. The average molecular weight is 228 g/mol. The van der Waals surface area contributed by atoms with E-state index in [0.29, 0.717) is 5.41 Å². The first kappa shape index (κ1) is 11.7. The Labute approximate surface area is 98.2 Å². The molecule has 15 heavy (non-hydrogen) atoms. The van der Waals surface area contributed by atoms with E-state index in [4.69, 9.17) is 0 Å². The summed E-state index contributed by atoms with van der Waals surface area (Å²) in [7, 11) is 0. The summed E-state index contributed by atoms with van der Waals surface area (Å²) in [5.41, 5.74) is 0.439. The van der Waals surface area contributed by atoms with Gasteiger partial charge in [-0.1, -0.05) is 20.3 Å². The highest BCUT2D eigenvalue weighted by molar-refractivity contribution is 7.99. The fourth-order valence-electron chi connectivity index (χ4n) is 2.59. The molecule has 0 radical (unpaired) electrons. The summed E-state index contributed by atoms with van der Waals surface area (Å²) >= 11 is 2.18. The van der Waals surface area contributed by atoms with Gasteiger partial charge in [-0.3, -0.25) is 4.90 Å². The van der Waals surface area contributed by atoms with Gasteiger partial charge in [-0.2, -0.15) is 0 Å². The van der Waals surface area contributed by atoms with E-state index in [1.165, 1.54) is 51.2 Å². The zero-order valence-corrected chi connectivity index (χ0v) is 10.9. The highest BCUT2D eigenvalue weighted by atomic mass is 32.2. The van der Waals surface area contributed by atoms with E-state index in [1.54, 1.807) is 0 Å². The highest BCUT2D eigenvalue weighted by Gasteiger charge is 2.29. The smallest absolute Gasteiger partial charge is 0.0557 e. The molecule has 3 heteroatoms. The standard InChI is InChI=1S/C12H24N2S/c1-12(2)9-13-6-7-14(10-12)11-5-3-4-8-15-11/h11,13H,3-10H2,1-2H3. The minimum atomic E-state index is 0.439. The molecule has 0 bridgehead atoms. The SMILES string of the molecule is CC1(C)CNCCN(C2CCCCS2)C1. The fraction of sp³-hybridized carbons (Fsp3) is 1.00. The van der Waals surface area contributed by atoms with E-state index in [0.717, 1.165) is 5.37 Å². The van der Waals surface area contributed by atoms with Gasteiger partial charge in [-0.15, -0.1) is 11.8 Å². The third kappa shape index (κ3) is 3.36. The maximum absolute atomic E-state index is 3.56. The molecule has 2 rings (SSSR count). The van der Waals surface area contributed by atoms with Crippen molar-refractivity contribution in [3.05, 3.63) is 0 Å². The number of thioether (sulfide) groups is 1. The predicted molar refractivity (Wildman–Crippen MR) is 68.3 cm³/mol. The van der Waals surface area contributed by atoms with Crippen molar-refractivity contribution in [2.75, 3.05) is 31.9 Å². The molecule has 0 aromatic carbocycles. The number of hydrogen-bond donors (Lipinski definition) is 1. The average Bonchev–Trinajstić information content (AvgIpc) is 2.41. The van der Waals surface area contributed by atoms with E-state index >= 15 is 0 Å². The number of hydrogen-bond acceptors (Lipinski definition) is 3. The lowest BCUT2D eigenvalue weighted by atomic mass is 9.93. The van der Waals surface area contributed by atoms with Crippen LogP contribution in [0, 0.1) is 5.41 Å². The van der Waals surface area contributed by atoms with Crippen LogP contribution >= 0.6 is 11.8 Å². The summed E-state index contributed by atoms with van der Waals surface area (Å²) in [4.78, 5) is 2.71. The Hall–Kier alpha value is 0.270. The first-order valence-electron chi connectivity index (χ1n) is 6.24. The van der Waals surface area contributed by atoms with Crippen molar-refractivity contribution < 1.29 is 0 Å². The van der Waals surface area contributed by atoms with Crippen LogP contribution < -0.4 is 5.32 Å². The Morgan fingerprint density at radius 2 is 2.20 bits per heavy atom. The van der Waals surface area contributed by atoms with E-state index in [9.17, 15) is 0 Å². The third-order valence-corrected chi connectivity index (χ3v) is 4.82. The molecule has 1 unspecified atom stereocenters. The Balaban J connectivity index is 1.94. The van der Waals surface area contributed by atoms with E-state index in [-0.39, 0.29) is 0 Å². The van der Waals surface area contributed by atoms with Crippen molar-refractivity contribution in [3.8, 4) is 0 Å². The largest absolute Gasteiger partial charge is 0.315 e. The van der Waals surface area contributed by atoms with Crippen LogP contribution in [0.25, 0.3) is 0 Å². The molecule has 2 nitrogen and oxygen atoms in total. The van der Waals surface area contributed by atoms with Gasteiger partial charge in [0.25, 0.3) is 0 Å². The molecule has 1 N–H and O–H groups in total. The van der Waals surface area contributed by atoms with Crippen LogP contribution in [-0.2, 0) is 0 Å². The maximum Gasteiger partial charge on any atom is 0.0557 e. The number of rotatable bonds is 1. The van der Waals surface area contributed by atoms with Crippen molar-refractivity contribution in [2.45, 2.75) is 38.5 Å². The molecule has 0 aliphatic carbocycles. The van der Waals surface area contributed by atoms with Crippen molar-refractivity contribution in [1.29, 1.82) is 0 Å². The lowest BCUT2D eigenvalue weighted by Crippen LogP contribution is -2.41. The lowest BCUT2D eigenvalue weighted by Gasteiger charge is -2.36. The molecular formula is C12H24N2S. The maximum atomic E-state index is 3.56. The summed E-state index contributed by atoms with van der Waals surface area (Å²) in [5, 5.41) is 4.36. The van der Waals surface area contributed by atoms with E-state index in [2.05, 4.69) is 35.8 Å². The van der Waals surface area contributed by atoms with Crippen LogP contribution in [0.4, 0.5) is 0 Å². The molecule has 0 aromatic rings. The van der Waals surface area contributed by atoms with Gasteiger partial charge in [0.15, 0.2) is 0 Å². The number of nitrogens with zero attached hydrogens (tertiary/aromatic N) is 1. The molecule has 2 aliphatic rings. The highest BCUT2D eigenvalue weighted by Crippen LogP contribution is 2.30. The molecule has 2 aliphatic heterocycles. The first-order chi connectivity index (χ1) is 7.17. The molecule has 0 amide bonds. The topological polar surface area (TPSA) is 15.3 Å². The second-order valence-electron chi connectivity index (χ2n) is 5.63. The molecule has 2 saturated heterocycles. The van der Waals surface area contributed by atoms with Gasteiger partial charge in [0.2, 0.25) is 0 Å². The molecule has 1 atom stereocenters. The molecule has 88 valence electrons. The monoisotopic (exact) mass is 228 g/mol. The van der Waals surface area contributed by atoms with Crippen LogP contribution in [0.1, 0.15) is 33.1 Å². The summed E-state index contributed by atoms with van der Waals surface area (Å²) in [6, 6.07) is 0. The van der Waals surface area contributed by atoms with Crippen LogP contribution in [0.3, 0.4) is 0 Å². The second-order valence-corrected chi connectivity index (χ2v) is 6.92. The molecule has 0 aromatic heterocycles. The van der Waals surface area contributed by atoms with Crippen molar-refractivity contribution in [3.63, 3.8) is 0 Å². The minimum absolute atomic E-state index is 0.439. The quantitative estimate of drug-likeness (QED) is 0.740. The van der Waals surface area contributed by atoms with Gasteiger partial charge < -0.3 is 5.32 Å². The van der Waals surface area contributed by atoms with Crippen LogP contribution in [0.15, 0.2) is 0 Å². The van der Waals surface area contributed by atoms with Crippen LogP contribution in [0.5, 0.6) is 0 Å². The van der Waals surface area contributed by atoms with Crippen molar-refractivity contribution >= 4 is 11.8 Å². The van der Waals surface area contributed by atoms with Gasteiger partial charge in [-0.05, 0) is 24.0 Å². The molecule has 0 saturated carbocycles. The molecule has 2 heterocycles. The Kier molecular flexibility index (Phi) is 3.97. The van der Waals surface area contributed by atoms with Gasteiger partial charge in [-0.25, -0.2) is 0 Å². The van der Waals surface area contributed by atoms with Gasteiger partial charge in [0.1, 0.15) is 0 Å². The lowest BCUT2D eigenvalue weighted by molar-refractivity contribution is 0.186. The predicted octanol–water partition coefficient (Wildman–Crippen LogP) is 2.16. The zero-order chi connectivity index (χ0) is 10.7. The Morgan fingerprint density at radius 1 is 1.33 bits per heavy atom. The third-order valence-electron chi connectivity index (χ3n) is 3.37. The van der Waals surface area contributed by atoms with Gasteiger partial charge >= 0.3 is 0 Å². The molecular weight excluding hydrogens is 204 g/mol.